The van der Waals surface area contributed by atoms with E-state index in [1.807, 2.05) is 36.1 Å². The summed E-state index contributed by atoms with van der Waals surface area (Å²) in [6, 6.07) is 7.70. The van der Waals surface area contributed by atoms with Crippen molar-refractivity contribution in [3.63, 3.8) is 0 Å². The highest BCUT2D eigenvalue weighted by Crippen LogP contribution is 2.11. The van der Waals surface area contributed by atoms with E-state index in [4.69, 9.17) is 4.74 Å². The molecular formula is C18H27N3O3. The Morgan fingerprint density at radius 1 is 1.17 bits per heavy atom. The van der Waals surface area contributed by atoms with Gasteiger partial charge in [-0.3, -0.25) is 14.5 Å². The van der Waals surface area contributed by atoms with Crippen LogP contribution >= 0.6 is 0 Å². The summed E-state index contributed by atoms with van der Waals surface area (Å²) >= 11 is 0. The van der Waals surface area contributed by atoms with Crippen LogP contribution in [0, 0.1) is 0 Å². The van der Waals surface area contributed by atoms with Crippen molar-refractivity contribution in [1.29, 1.82) is 0 Å². The number of nitrogens with one attached hydrogen (secondary N) is 1. The van der Waals surface area contributed by atoms with Gasteiger partial charge in [0.2, 0.25) is 11.8 Å². The fourth-order valence-electron chi connectivity index (χ4n) is 2.86. The lowest BCUT2D eigenvalue weighted by molar-refractivity contribution is -0.132. The van der Waals surface area contributed by atoms with E-state index in [9.17, 15) is 9.59 Å². The number of carbonyl (C=O) groups excluding carboxylic acids is 2. The van der Waals surface area contributed by atoms with Gasteiger partial charge in [0.05, 0.1) is 13.2 Å². The molecule has 0 bridgehead atoms. The normalized spacial score (nSPS) is 16.5. The Bertz CT molecular complexity index is 551. The van der Waals surface area contributed by atoms with Crippen LogP contribution in [0.3, 0.4) is 0 Å². The van der Waals surface area contributed by atoms with Crippen molar-refractivity contribution in [3.05, 3.63) is 29.8 Å². The number of carbonyl (C=O) groups is 2. The van der Waals surface area contributed by atoms with E-state index in [-0.39, 0.29) is 17.9 Å². The smallest absolute Gasteiger partial charge is 0.237 e. The molecule has 1 aromatic carbocycles. The molecule has 24 heavy (non-hydrogen) atoms. The standard InChI is InChI=1S/C18H27N3O3/c1-14(20-10-12-21(13-11-20)15(2)22)18(23)19-9-8-16-4-6-17(24-3)7-5-16/h4-7,14H,8-13H2,1-3H3,(H,19,23)/t14-/m1/s1. The molecule has 1 fully saturated rings. The molecule has 0 aliphatic carbocycles. The predicted molar refractivity (Wildman–Crippen MR) is 93.0 cm³/mol. The van der Waals surface area contributed by atoms with Crippen molar-refractivity contribution in [1.82, 2.24) is 15.1 Å². The summed E-state index contributed by atoms with van der Waals surface area (Å²) in [7, 11) is 1.65. The number of ether oxygens (including phenoxy) is 1. The fourth-order valence-corrected chi connectivity index (χ4v) is 2.86. The lowest BCUT2D eigenvalue weighted by atomic mass is 10.1. The van der Waals surface area contributed by atoms with E-state index in [2.05, 4.69) is 10.2 Å². The summed E-state index contributed by atoms with van der Waals surface area (Å²) in [5.74, 6) is 0.979. The zero-order chi connectivity index (χ0) is 17.5. The zero-order valence-electron chi connectivity index (χ0n) is 14.7. The lowest BCUT2D eigenvalue weighted by Gasteiger charge is -2.37. The minimum Gasteiger partial charge on any atom is -0.497 e. The summed E-state index contributed by atoms with van der Waals surface area (Å²) in [6.45, 7) is 7.00. The van der Waals surface area contributed by atoms with Crippen molar-refractivity contribution in [2.75, 3.05) is 39.8 Å². The Labute approximate surface area is 143 Å². The first-order chi connectivity index (χ1) is 11.5. The molecule has 0 aromatic heterocycles. The lowest BCUT2D eigenvalue weighted by Crippen LogP contribution is -2.54. The number of piperazine rings is 1. The van der Waals surface area contributed by atoms with Crippen LogP contribution in [-0.2, 0) is 16.0 Å². The van der Waals surface area contributed by atoms with Crippen LogP contribution < -0.4 is 10.1 Å². The molecule has 2 rings (SSSR count). The highest BCUT2D eigenvalue weighted by Gasteiger charge is 2.26. The summed E-state index contributed by atoms with van der Waals surface area (Å²) in [5.41, 5.74) is 1.17. The number of amides is 2. The van der Waals surface area contributed by atoms with Gasteiger partial charge < -0.3 is 15.0 Å². The number of benzene rings is 1. The highest BCUT2D eigenvalue weighted by atomic mass is 16.5. The Hall–Kier alpha value is -2.08. The Kier molecular flexibility index (Phi) is 6.61. The van der Waals surface area contributed by atoms with E-state index >= 15 is 0 Å². The van der Waals surface area contributed by atoms with Gasteiger partial charge in [0.1, 0.15) is 5.75 Å². The Balaban J connectivity index is 1.72. The molecule has 0 saturated carbocycles. The minimum atomic E-state index is -0.171. The van der Waals surface area contributed by atoms with E-state index in [0.717, 1.165) is 25.3 Å². The van der Waals surface area contributed by atoms with Gasteiger partial charge in [-0.15, -0.1) is 0 Å². The first-order valence-electron chi connectivity index (χ1n) is 8.41. The third-order valence-corrected chi connectivity index (χ3v) is 4.56. The molecule has 0 unspecified atom stereocenters. The molecule has 1 N–H and O–H groups in total. The summed E-state index contributed by atoms with van der Waals surface area (Å²) in [6.07, 6.45) is 0.792. The maximum absolute atomic E-state index is 12.3. The van der Waals surface area contributed by atoms with Crippen LogP contribution in [0.4, 0.5) is 0 Å². The molecule has 1 aliphatic heterocycles. The van der Waals surface area contributed by atoms with Crippen LogP contribution in [-0.4, -0.2) is 67.5 Å². The molecule has 2 amide bonds. The number of rotatable bonds is 6. The summed E-state index contributed by atoms with van der Waals surface area (Å²) < 4.78 is 5.13. The van der Waals surface area contributed by atoms with Gasteiger partial charge in [-0.05, 0) is 31.0 Å². The third kappa shape index (κ3) is 4.96. The van der Waals surface area contributed by atoms with Crippen LogP contribution in [0.1, 0.15) is 19.4 Å². The van der Waals surface area contributed by atoms with Gasteiger partial charge in [-0.25, -0.2) is 0 Å². The number of nitrogens with zero attached hydrogens (tertiary/aromatic N) is 2. The Morgan fingerprint density at radius 2 is 1.79 bits per heavy atom. The molecule has 6 nitrogen and oxygen atoms in total. The SMILES string of the molecule is COc1ccc(CCNC(=O)[C@@H](C)N2CCN(C(C)=O)CC2)cc1. The number of hydrogen-bond donors (Lipinski definition) is 1. The molecule has 132 valence electrons. The van der Waals surface area contributed by atoms with Gasteiger partial charge in [0.15, 0.2) is 0 Å². The summed E-state index contributed by atoms with van der Waals surface area (Å²) in [5, 5.41) is 3.00. The maximum Gasteiger partial charge on any atom is 0.237 e. The van der Waals surface area contributed by atoms with Crippen LogP contribution in [0.2, 0.25) is 0 Å². The van der Waals surface area contributed by atoms with E-state index in [1.54, 1.807) is 14.0 Å². The second-order valence-corrected chi connectivity index (χ2v) is 6.11. The van der Waals surface area contributed by atoms with Crippen molar-refractivity contribution < 1.29 is 14.3 Å². The van der Waals surface area contributed by atoms with Gasteiger partial charge >= 0.3 is 0 Å². The van der Waals surface area contributed by atoms with E-state index in [1.165, 1.54) is 5.56 Å². The molecule has 1 atom stereocenters. The van der Waals surface area contributed by atoms with Crippen molar-refractivity contribution >= 4 is 11.8 Å². The highest BCUT2D eigenvalue weighted by molar-refractivity contribution is 5.81. The number of hydrogen-bond acceptors (Lipinski definition) is 4. The number of methoxy groups -OCH3 is 1. The van der Waals surface area contributed by atoms with Gasteiger partial charge in [-0.2, -0.15) is 0 Å². The predicted octanol–water partition coefficient (Wildman–Crippen LogP) is 0.907. The average molecular weight is 333 g/mol. The topological polar surface area (TPSA) is 61.9 Å². The van der Waals surface area contributed by atoms with Crippen molar-refractivity contribution in [3.8, 4) is 5.75 Å². The monoisotopic (exact) mass is 333 g/mol. The fraction of sp³-hybridized carbons (Fsp3) is 0.556. The third-order valence-electron chi connectivity index (χ3n) is 4.56. The van der Waals surface area contributed by atoms with Gasteiger partial charge in [0, 0.05) is 39.6 Å². The second kappa shape index (κ2) is 8.68. The Morgan fingerprint density at radius 3 is 2.33 bits per heavy atom. The summed E-state index contributed by atoms with van der Waals surface area (Å²) in [4.78, 5) is 27.6. The first-order valence-corrected chi connectivity index (χ1v) is 8.41. The molecule has 1 saturated heterocycles. The zero-order valence-corrected chi connectivity index (χ0v) is 14.7. The van der Waals surface area contributed by atoms with E-state index < -0.39 is 0 Å². The van der Waals surface area contributed by atoms with Crippen LogP contribution in [0.15, 0.2) is 24.3 Å². The molecular weight excluding hydrogens is 306 g/mol. The average Bonchev–Trinajstić information content (AvgIpc) is 2.61. The maximum atomic E-state index is 12.3. The van der Waals surface area contributed by atoms with Crippen LogP contribution in [0.5, 0.6) is 5.75 Å². The molecule has 6 heteroatoms. The molecule has 1 aliphatic rings. The molecule has 1 aromatic rings. The van der Waals surface area contributed by atoms with Gasteiger partial charge in [0.25, 0.3) is 0 Å². The van der Waals surface area contributed by atoms with Crippen molar-refractivity contribution in [2.24, 2.45) is 0 Å². The van der Waals surface area contributed by atoms with E-state index in [0.29, 0.717) is 19.6 Å². The second-order valence-electron chi connectivity index (χ2n) is 6.11. The quantitative estimate of drug-likeness (QED) is 0.840. The van der Waals surface area contributed by atoms with Crippen LogP contribution in [0.25, 0.3) is 0 Å². The molecule has 0 spiro atoms. The molecule has 0 radical (unpaired) electrons. The first kappa shape index (κ1) is 18.3. The largest absolute Gasteiger partial charge is 0.497 e. The minimum absolute atomic E-state index is 0.0415. The van der Waals surface area contributed by atoms with Gasteiger partial charge in [-0.1, -0.05) is 12.1 Å². The molecule has 1 heterocycles. The van der Waals surface area contributed by atoms with Crippen molar-refractivity contribution in [2.45, 2.75) is 26.3 Å².